The molecule has 1 atom stereocenters. The van der Waals surface area contributed by atoms with E-state index in [9.17, 15) is 4.79 Å². The molecule has 0 bridgehead atoms. The molecule has 3 heterocycles. The first kappa shape index (κ1) is 20.9. The van der Waals surface area contributed by atoms with Crippen LogP contribution in [0.25, 0.3) is 9.88 Å². The van der Waals surface area contributed by atoms with Crippen molar-refractivity contribution in [1.29, 1.82) is 0 Å². The van der Waals surface area contributed by atoms with Crippen LogP contribution in [0.2, 0.25) is 0 Å². The van der Waals surface area contributed by atoms with Crippen LogP contribution in [0.15, 0.2) is 21.3 Å². The van der Waals surface area contributed by atoms with Crippen LogP contribution in [0, 0.1) is 0 Å². The first-order chi connectivity index (χ1) is 10.2. The van der Waals surface area contributed by atoms with Crippen LogP contribution in [0.5, 0.6) is 0 Å². The predicted octanol–water partition coefficient (Wildman–Crippen LogP) is 4.30. The summed E-state index contributed by atoms with van der Waals surface area (Å²) in [5.74, 6) is 0.0491. The van der Waals surface area contributed by atoms with Crippen molar-refractivity contribution in [1.82, 2.24) is 15.2 Å². The largest absolute Gasteiger partial charge is 0.336 e. The number of hydrogen-bond acceptors (Lipinski definition) is 5. The summed E-state index contributed by atoms with van der Waals surface area (Å²) in [6, 6.07) is 2.43. The molecule has 0 radical (unpaired) electrons. The highest BCUT2D eigenvalue weighted by atomic mass is 79.9. The summed E-state index contributed by atoms with van der Waals surface area (Å²) < 4.78 is 1.05. The Bertz CT molecular complexity index is 650. The number of amides is 1. The van der Waals surface area contributed by atoms with Gasteiger partial charge in [-0.25, -0.2) is 4.98 Å². The number of nitrogens with zero attached hydrogens (tertiary/aromatic N) is 2. The smallest absolute Gasteiger partial charge is 0.273 e. The van der Waals surface area contributed by atoms with E-state index in [0.29, 0.717) is 11.7 Å². The van der Waals surface area contributed by atoms with Crippen molar-refractivity contribution < 1.29 is 4.79 Å². The molecule has 23 heavy (non-hydrogen) atoms. The summed E-state index contributed by atoms with van der Waals surface area (Å²) in [6.45, 7) is 1.60. The Balaban J connectivity index is 0.00000132. The van der Waals surface area contributed by atoms with Gasteiger partial charge in [0.1, 0.15) is 10.7 Å². The number of likely N-dealkylation sites (tertiary alicyclic amines) is 1. The topological polar surface area (TPSA) is 45.2 Å². The first-order valence-corrected chi connectivity index (χ1v) is 9.39. The zero-order chi connectivity index (χ0) is 14.8. The normalized spacial score (nSPS) is 17.3. The van der Waals surface area contributed by atoms with Crippen LogP contribution in [-0.4, -0.2) is 42.0 Å². The van der Waals surface area contributed by atoms with Gasteiger partial charge in [0.2, 0.25) is 0 Å². The first-order valence-electron chi connectivity index (χ1n) is 6.84. The Morgan fingerprint density at radius 3 is 2.83 bits per heavy atom. The van der Waals surface area contributed by atoms with Crippen molar-refractivity contribution >= 4 is 69.3 Å². The van der Waals surface area contributed by atoms with Crippen molar-refractivity contribution in [2.75, 3.05) is 20.1 Å². The summed E-state index contributed by atoms with van der Waals surface area (Å²) in [5, 5.41) is 8.07. The van der Waals surface area contributed by atoms with Crippen LogP contribution in [0.1, 0.15) is 23.3 Å². The lowest BCUT2D eigenvalue weighted by molar-refractivity contribution is 0.0693. The average molecular weight is 459 g/mol. The monoisotopic (exact) mass is 457 g/mol. The van der Waals surface area contributed by atoms with E-state index in [-0.39, 0.29) is 30.7 Å². The Morgan fingerprint density at radius 1 is 1.39 bits per heavy atom. The molecule has 1 amide bonds. The zero-order valence-electron chi connectivity index (χ0n) is 12.5. The van der Waals surface area contributed by atoms with Gasteiger partial charge in [-0.15, -0.1) is 47.5 Å². The SMILES string of the molecule is CNC1CCCN(C(=O)c2csc(-c3cc(Br)cs3)n2)C1.Cl.Cl. The lowest BCUT2D eigenvalue weighted by atomic mass is 10.1. The van der Waals surface area contributed by atoms with Gasteiger partial charge in [-0.2, -0.15) is 0 Å². The Labute approximate surface area is 164 Å². The molecule has 2 aromatic rings. The van der Waals surface area contributed by atoms with Crippen molar-refractivity contribution in [2.45, 2.75) is 18.9 Å². The van der Waals surface area contributed by atoms with Crippen LogP contribution < -0.4 is 5.32 Å². The molecular weight excluding hydrogens is 441 g/mol. The number of carbonyl (C=O) groups excluding carboxylic acids is 1. The summed E-state index contributed by atoms with van der Waals surface area (Å²) in [7, 11) is 1.95. The van der Waals surface area contributed by atoms with Crippen molar-refractivity contribution in [3.8, 4) is 9.88 Å². The average Bonchev–Trinajstić information content (AvgIpc) is 3.15. The van der Waals surface area contributed by atoms with E-state index in [4.69, 9.17) is 0 Å². The second kappa shape index (κ2) is 9.34. The number of nitrogens with one attached hydrogen (secondary N) is 1. The van der Waals surface area contributed by atoms with E-state index < -0.39 is 0 Å². The number of likely N-dealkylation sites (N-methyl/N-ethyl adjacent to an activating group) is 1. The van der Waals surface area contributed by atoms with Crippen LogP contribution in [-0.2, 0) is 0 Å². The fourth-order valence-corrected chi connectivity index (χ4v) is 4.77. The van der Waals surface area contributed by atoms with Crippen LogP contribution in [0.4, 0.5) is 0 Å². The van der Waals surface area contributed by atoms with Gasteiger partial charge in [0.05, 0.1) is 4.88 Å². The predicted molar refractivity (Wildman–Crippen MR) is 106 cm³/mol. The van der Waals surface area contributed by atoms with E-state index in [2.05, 4.69) is 26.2 Å². The van der Waals surface area contributed by atoms with Crippen molar-refractivity contribution in [2.24, 2.45) is 0 Å². The molecule has 1 unspecified atom stereocenters. The molecule has 9 heteroatoms. The molecule has 3 rings (SSSR count). The lowest BCUT2D eigenvalue weighted by Crippen LogP contribution is -2.47. The number of thiophene rings is 1. The number of carbonyl (C=O) groups is 1. The Hall–Kier alpha value is -0.180. The number of rotatable bonds is 3. The summed E-state index contributed by atoms with van der Waals surface area (Å²) in [4.78, 5) is 20.1. The molecule has 0 spiro atoms. The highest BCUT2D eigenvalue weighted by Gasteiger charge is 2.25. The van der Waals surface area contributed by atoms with Gasteiger partial charge in [-0.3, -0.25) is 4.79 Å². The molecule has 1 N–H and O–H groups in total. The maximum atomic E-state index is 12.5. The number of piperidine rings is 1. The Kier molecular flexibility index (Phi) is 8.47. The van der Waals surface area contributed by atoms with Gasteiger partial charge in [0, 0.05) is 34.4 Å². The van der Waals surface area contributed by atoms with Crippen molar-refractivity contribution in [3.05, 3.63) is 27.0 Å². The maximum Gasteiger partial charge on any atom is 0.273 e. The van der Waals surface area contributed by atoms with E-state index in [1.807, 2.05) is 28.8 Å². The standard InChI is InChI=1S/C14H16BrN3OS2.2ClH/c1-16-10-3-2-4-18(6-10)14(19)11-8-21-13(17-11)12-5-9(15)7-20-12;;/h5,7-8,10,16H,2-4,6H2,1H3;2*1H. The molecule has 2 aromatic heterocycles. The zero-order valence-corrected chi connectivity index (χ0v) is 17.3. The quantitative estimate of drug-likeness (QED) is 0.745. The highest BCUT2D eigenvalue weighted by molar-refractivity contribution is 9.10. The van der Waals surface area contributed by atoms with Crippen LogP contribution >= 0.6 is 63.4 Å². The minimum Gasteiger partial charge on any atom is -0.336 e. The molecular formula is C14H18BrCl2N3OS2. The maximum absolute atomic E-state index is 12.5. The molecule has 0 aliphatic carbocycles. The van der Waals surface area contributed by atoms with E-state index in [1.54, 1.807) is 11.3 Å². The third kappa shape index (κ3) is 4.90. The third-order valence-electron chi connectivity index (χ3n) is 3.62. The molecule has 4 nitrogen and oxygen atoms in total. The van der Waals surface area contributed by atoms with E-state index >= 15 is 0 Å². The van der Waals surface area contributed by atoms with E-state index in [1.165, 1.54) is 11.3 Å². The molecule has 0 saturated carbocycles. The third-order valence-corrected chi connectivity index (χ3v) is 6.32. The summed E-state index contributed by atoms with van der Waals surface area (Å²) in [5.41, 5.74) is 0.566. The number of hydrogen-bond donors (Lipinski definition) is 1. The minimum atomic E-state index is 0. The van der Waals surface area contributed by atoms with Gasteiger partial charge in [0.25, 0.3) is 5.91 Å². The van der Waals surface area contributed by atoms with Gasteiger partial charge in [0.15, 0.2) is 0 Å². The number of thiazole rings is 1. The molecule has 1 fully saturated rings. The van der Waals surface area contributed by atoms with Gasteiger partial charge in [-0.1, -0.05) is 0 Å². The molecule has 1 aliphatic rings. The fraction of sp³-hybridized carbons (Fsp3) is 0.429. The second-order valence-corrected chi connectivity index (χ2v) is 7.73. The van der Waals surface area contributed by atoms with Crippen molar-refractivity contribution in [3.63, 3.8) is 0 Å². The second-order valence-electron chi connectivity index (χ2n) is 5.05. The summed E-state index contributed by atoms with van der Waals surface area (Å²) in [6.07, 6.45) is 2.18. The molecule has 128 valence electrons. The molecule has 1 aliphatic heterocycles. The fourth-order valence-electron chi connectivity index (χ4n) is 2.47. The van der Waals surface area contributed by atoms with Crippen LogP contribution in [0.3, 0.4) is 0 Å². The van der Waals surface area contributed by atoms with Gasteiger partial charge >= 0.3 is 0 Å². The Morgan fingerprint density at radius 2 is 2.17 bits per heavy atom. The molecule has 0 aromatic carbocycles. The lowest BCUT2D eigenvalue weighted by Gasteiger charge is -2.32. The molecule has 1 saturated heterocycles. The summed E-state index contributed by atoms with van der Waals surface area (Å²) >= 11 is 6.61. The van der Waals surface area contributed by atoms with Gasteiger partial charge < -0.3 is 10.2 Å². The minimum absolute atomic E-state index is 0. The number of halogens is 3. The van der Waals surface area contributed by atoms with E-state index in [0.717, 1.165) is 40.3 Å². The van der Waals surface area contributed by atoms with Gasteiger partial charge in [-0.05, 0) is 41.9 Å². The highest BCUT2D eigenvalue weighted by Crippen LogP contribution is 2.32. The number of aromatic nitrogens is 1.